The predicted molar refractivity (Wildman–Crippen MR) is 85.7 cm³/mol. The molecule has 0 saturated heterocycles. The molecule has 0 atom stereocenters. The highest BCUT2D eigenvalue weighted by atomic mass is 16.3. The first-order valence-electron chi connectivity index (χ1n) is 7.47. The summed E-state index contributed by atoms with van der Waals surface area (Å²) in [7, 11) is 1.68. The van der Waals surface area contributed by atoms with E-state index in [2.05, 4.69) is 23.7 Å². The number of anilines is 1. The second kappa shape index (κ2) is 7.41. The topological polar surface area (TPSA) is 56.7 Å². The maximum absolute atomic E-state index is 12.3. The molecule has 0 aromatic carbocycles. The fourth-order valence-corrected chi connectivity index (χ4v) is 2.28. The standard InChI is InChI=1S/C16H27N3O2/c1-6-10-19(7-2)14-9-8-13(11-17-14)15(20)18(5)12-16(3,4)21/h8-9,11,21H,6-7,10,12H2,1-5H3. The quantitative estimate of drug-likeness (QED) is 0.837. The van der Waals surface area contributed by atoms with Crippen molar-refractivity contribution in [3.05, 3.63) is 23.9 Å². The van der Waals surface area contributed by atoms with E-state index in [9.17, 15) is 9.90 Å². The zero-order valence-electron chi connectivity index (χ0n) is 13.8. The Morgan fingerprint density at radius 3 is 2.43 bits per heavy atom. The van der Waals surface area contributed by atoms with Crippen molar-refractivity contribution in [1.82, 2.24) is 9.88 Å². The molecule has 0 fully saturated rings. The fourth-order valence-electron chi connectivity index (χ4n) is 2.28. The lowest BCUT2D eigenvalue weighted by Gasteiger charge is -2.26. The number of pyridine rings is 1. The van der Waals surface area contributed by atoms with Crippen LogP contribution in [0.2, 0.25) is 0 Å². The van der Waals surface area contributed by atoms with Gasteiger partial charge in [0.25, 0.3) is 5.91 Å². The summed E-state index contributed by atoms with van der Waals surface area (Å²) in [5.74, 6) is 0.760. The van der Waals surface area contributed by atoms with E-state index in [1.54, 1.807) is 33.2 Å². The highest BCUT2D eigenvalue weighted by Crippen LogP contribution is 2.13. The van der Waals surface area contributed by atoms with Gasteiger partial charge in [-0.25, -0.2) is 4.98 Å². The van der Waals surface area contributed by atoms with E-state index in [1.165, 1.54) is 4.90 Å². The summed E-state index contributed by atoms with van der Waals surface area (Å²) >= 11 is 0. The summed E-state index contributed by atoms with van der Waals surface area (Å²) in [6, 6.07) is 3.67. The molecule has 1 heterocycles. The van der Waals surface area contributed by atoms with E-state index >= 15 is 0 Å². The lowest BCUT2D eigenvalue weighted by Crippen LogP contribution is -2.39. The van der Waals surface area contributed by atoms with Crippen molar-refractivity contribution in [2.75, 3.05) is 31.6 Å². The van der Waals surface area contributed by atoms with Crippen LogP contribution in [0.1, 0.15) is 44.5 Å². The Balaban J connectivity index is 2.79. The van der Waals surface area contributed by atoms with Gasteiger partial charge in [0.05, 0.1) is 11.2 Å². The van der Waals surface area contributed by atoms with Gasteiger partial charge in [-0.1, -0.05) is 6.92 Å². The fraction of sp³-hybridized carbons (Fsp3) is 0.625. The van der Waals surface area contributed by atoms with Gasteiger partial charge in [-0.05, 0) is 39.3 Å². The van der Waals surface area contributed by atoms with Crippen LogP contribution in [0.5, 0.6) is 0 Å². The van der Waals surface area contributed by atoms with E-state index in [0.29, 0.717) is 5.56 Å². The van der Waals surface area contributed by atoms with Gasteiger partial charge in [-0.15, -0.1) is 0 Å². The third-order valence-electron chi connectivity index (χ3n) is 3.16. The van der Waals surface area contributed by atoms with Gasteiger partial charge in [0.2, 0.25) is 0 Å². The minimum absolute atomic E-state index is 0.130. The van der Waals surface area contributed by atoms with Crippen molar-refractivity contribution in [3.8, 4) is 0 Å². The molecule has 1 N–H and O–H groups in total. The van der Waals surface area contributed by atoms with E-state index < -0.39 is 5.60 Å². The van der Waals surface area contributed by atoms with Crippen molar-refractivity contribution in [3.63, 3.8) is 0 Å². The number of aliphatic hydroxyl groups is 1. The van der Waals surface area contributed by atoms with Gasteiger partial charge in [0.15, 0.2) is 0 Å². The van der Waals surface area contributed by atoms with Crippen molar-refractivity contribution in [1.29, 1.82) is 0 Å². The van der Waals surface area contributed by atoms with Crippen LogP contribution >= 0.6 is 0 Å². The number of aromatic nitrogens is 1. The smallest absolute Gasteiger partial charge is 0.255 e. The van der Waals surface area contributed by atoms with E-state index in [1.807, 2.05) is 6.07 Å². The molecule has 0 spiro atoms. The number of carbonyl (C=O) groups excluding carboxylic acids is 1. The largest absolute Gasteiger partial charge is 0.389 e. The molecular formula is C16H27N3O2. The van der Waals surface area contributed by atoms with Gasteiger partial charge in [-0.3, -0.25) is 4.79 Å². The number of amides is 1. The van der Waals surface area contributed by atoms with Crippen LogP contribution in [0.25, 0.3) is 0 Å². The molecule has 0 aliphatic carbocycles. The Labute approximate surface area is 127 Å². The summed E-state index contributed by atoms with van der Waals surface area (Å²) in [4.78, 5) is 20.3. The average molecular weight is 293 g/mol. The number of nitrogens with zero attached hydrogens (tertiary/aromatic N) is 3. The van der Waals surface area contributed by atoms with Crippen molar-refractivity contribution in [2.24, 2.45) is 0 Å². The molecule has 21 heavy (non-hydrogen) atoms. The Hall–Kier alpha value is -1.62. The van der Waals surface area contributed by atoms with E-state index in [4.69, 9.17) is 0 Å². The Kier molecular flexibility index (Phi) is 6.15. The summed E-state index contributed by atoms with van der Waals surface area (Å²) in [6.07, 6.45) is 2.67. The molecule has 0 aliphatic rings. The maximum Gasteiger partial charge on any atom is 0.255 e. The lowest BCUT2D eigenvalue weighted by molar-refractivity contribution is 0.0367. The molecule has 0 unspecified atom stereocenters. The van der Waals surface area contributed by atoms with Crippen molar-refractivity contribution >= 4 is 11.7 Å². The highest BCUT2D eigenvalue weighted by Gasteiger charge is 2.20. The van der Waals surface area contributed by atoms with Crippen molar-refractivity contribution < 1.29 is 9.90 Å². The molecule has 5 nitrogen and oxygen atoms in total. The number of carbonyl (C=O) groups is 1. The van der Waals surface area contributed by atoms with Gasteiger partial charge >= 0.3 is 0 Å². The molecule has 1 aromatic rings. The van der Waals surface area contributed by atoms with Gasteiger partial charge in [0.1, 0.15) is 5.82 Å². The Bertz CT molecular complexity index is 452. The van der Waals surface area contributed by atoms with Crippen LogP contribution < -0.4 is 4.90 Å². The third kappa shape index (κ3) is 5.34. The molecule has 1 rings (SSSR count). The lowest BCUT2D eigenvalue weighted by atomic mass is 10.1. The minimum Gasteiger partial charge on any atom is -0.389 e. The third-order valence-corrected chi connectivity index (χ3v) is 3.16. The molecule has 1 amide bonds. The molecule has 0 bridgehead atoms. The monoisotopic (exact) mass is 293 g/mol. The number of likely N-dealkylation sites (N-methyl/N-ethyl adjacent to an activating group) is 1. The number of rotatable bonds is 7. The van der Waals surface area contributed by atoms with Crippen LogP contribution in [0.4, 0.5) is 5.82 Å². The molecule has 1 aromatic heterocycles. The van der Waals surface area contributed by atoms with Crippen LogP contribution in [-0.4, -0.2) is 53.2 Å². The van der Waals surface area contributed by atoms with Gasteiger partial charge in [0, 0.05) is 32.9 Å². The SMILES string of the molecule is CCCN(CC)c1ccc(C(=O)N(C)CC(C)(C)O)cn1. The maximum atomic E-state index is 12.3. The first-order chi connectivity index (χ1) is 9.78. The van der Waals surface area contributed by atoms with E-state index in [0.717, 1.165) is 25.3 Å². The Morgan fingerprint density at radius 1 is 1.33 bits per heavy atom. The predicted octanol–water partition coefficient (Wildman–Crippen LogP) is 2.16. The zero-order chi connectivity index (χ0) is 16.0. The molecule has 0 radical (unpaired) electrons. The molecule has 0 aliphatic heterocycles. The second-order valence-corrected chi connectivity index (χ2v) is 5.96. The summed E-state index contributed by atoms with van der Waals surface area (Å²) in [6.45, 7) is 9.72. The van der Waals surface area contributed by atoms with Crippen LogP contribution in [-0.2, 0) is 0 Å². The van der Waals surface area contributed by atoms with Crippen LogP contribution in [0.15, 0.2) is 18.3 Å². The molecular weight excluding hydrogens is 266 g/mol. The summed E-state index contributed by atoms with van der Waals surface area (Å²) < 4.78 is 0. The van der Waals surface area contributed by atoms with E-state index in [-0.39, 0.29) is 12.5 Å². The molecule has 0 saturated carbocycles. The highest BCUT2D eigenvalue weighted by molar-refractivity contribution is 5.94. The number of hydrogen-bond donors (Lipinski definition) is 1. The summed E-state index contributed by atoms with van der Waals surface area (Å²) in [5.41, 5.74) is -0.365. The molecule has 5 heteroatoms. The van der Waals surface area contributed by atoms with Crippen LogP contribution in [0.3, 0.4) is 0 Å². The number of hydrogen-bond acceptors (Lipinski definition) is 4. The van der Waals surface area contributed by atoms with Crippen molar-refractivity contribution in [2.45, 2.75) is 39.7 Å². The first kappa shape index (κ1) is 17.4. The van der Waals surface area contributed by atoms with Gasteiger partial charge in [-0.2, -0.15) is 0 Å². The minimum atomic E-state index is -0.905. The summed E-state index contributed by atoms with van der Waals surface area (Å²) in [5, 5.41) is 9.78. The van der Waals surface area contributed by atoms with Gasteiger partial charge < -0.3 is 14.9 Å². The Morgan fingerprint density at radius 2 is 2.00 bits per heavy atom. The second-order valence-electron chi connectivity index (χ2n) is 5.96. The molecule has 118 valence electrons. The normalized spacial score (nSPS) is 11.3. The zero-order valence-corrected chi connectivity index (χ0v) is 13.8. The first-order valence-corrected chi connectivity index (χ1v) is 7.47. The van der Waals surface area contributed by atoms with Crippen LogP contribution in [0, 0.1) is 0 Å². The average Bonchev–Trinajstić information content (AvgIpc) is 2.42.